The second-order valence-electron chi connectivity index (χ2n) is 9.23. The molecule has 0 aliphatic carbocycles. The average molecular weight is 587 g/mol. The van der Waals surface area contributed by atoms with Gasteiger partial charge in [0.2, 0.25) is 5.91 Å². The summed E-state index contributed by atoms with van der Waals surface area (Å²) in [4.78, 5) is 12.1. The molecule has 220 valence electrons. The maximum absolute atomic E-state index is 12.1. The second kappa shape index (κ2) is 17.0. The molecule has 0 radical (unpaired) electrons. The lowest BCUT2D eigenvalue weighted by Gasteiger charge is -2.12. The van der Waals surface area contributed by atoms with E-state index in [1.807, 2.05) is 130 Å². The molecule has 0 aliphatic heterocycles. The molecule has 1 amide bonds. The van der Waals surface area contributed by atoms with E-state index >= 15 is 0 Å². The largest absolute Gasteiger partial charge is 0.456 e. The standard InChI is InChI=1S/C22H17NO2.C10H15NO3S.C2H6/c24-22(14-16-6-2-1-3-7-16)23-19-12-10-17(11-13-19)21-15-18-8-4-5-9-20(18)25-21;1-8-2-4-9(5-3-8)10(12)11-6-7-15(13)14;1-2/h1-13,15H,14H2,(H,23,24);2-5,10-12H,6-7H2,1H3,(H,13,14);1-2H3. The molecule has 0 saturated carbocycles. The number of aryl methyl sites for hydroxylation is 1. The summed E-state index contributed by atoms with van der Waals surface area (Å²) >= 11 is -1.82. The van der Waals surface area contributed by atoms with E-state index in [2.05, 4.69) is 10.6 Å². The van der Waals surface area contributed by atoms with Gasteiger partial charge in [-0.15, -0.1) is 0 Å². The molecular weight excluding hydrogens is 548 g/mol. The Balaban J connectivity index is 0.000000245. The minimum Gasteiger partial charge on any atom is -0.456 e. The first-order valence-electron chi connectivity index (χ1n) is 13.9. The van der Waals surface area contributed by atoms with E-state index in [9.17, 15) is 14.1 Å². The third-order valence-electron chi connectivity index (χ3n) is 6.09. The molecule has 42 heavy (non-hydrogen) atoms. The van der Waals surface area contributed by atoms with Crippen molar-refractivity contribution in [2.45, 2.75) is 33.4 Å². The van der Waals surface area contributed by atoms with Crippen LogP contribution in [-0.2, 0) is 22.3 Å². The van der Waals surface area contributed by atoms with E-state index in [4.69, 9.17) is 8.97 Å². The topological polar surface area (TPSA) is 112 Å². The van der Waals surface area contributed by atoms with Crippen LogP contribution in [0, 0.1) is 6.92 Å². The highest BCUT2D eigenvalue weighted by Gasteiger charge is 2.08. The summed E-state index contributed by atoms with van der Waals surface area (Å²) in [5, 5.41) is 16.4. The minimum atomic E-state index is -1.82. The Hall–Kier alpha value is -4.08. The molecule has 1 heterocycles. The number of hydrogen-bond acceptors (Lipinski definition) is 5. The number of amides is 1. The van der Waals surface area contributed by atoms with E-state index in [0.717, 1.165) is 44.7 Å². The zero-order valence-corrected chi connectivity index (χ0v) is 24.9. The molecule has 0 fully saturated rings. The van der Waals surface area contributed by atoms with Gasteiger partial charge in [-0.25, -0.2) is 4.21 Å². The molecule has 2 unspecified atom stereocenters. The number of para-hydroxylation sites is 1. The van der Waals surface area contributed by atoms with Gasteiger partial charge in [0.15, 0.2) is 11.1 Å². The highest BCUT2D eigenvalue weighted by molar-refractivity contribution is 7.79. The molecule has 0 aliphatic rings. The van der Waals surface area contributed by atoms with Gasteiger partial charge in [0, 0.05) is 23.2 Å². The number of nitrogens with one attached hydrogen (secondary N) is 2. The van der Waals surface area contributed by atoms with Gasteiger partial charge in [0.25, 0.3) is 0 Å². The molecule has 4 aromatic carbocycles. The fraction of sp³-hybridized carbons (Fsp3) is 0.206. The van der Waals surface area contributed by atoms with Crippen LogP contribution in [0.5, 0.6) is 0 Å². The first-order chi connectivity index (χ1) is 20.4. The first kappa shape index (κ1) is 32.4. The molecule has 0 spiro atoms. The van der Waals surface area contributed by atoms with Crippen LogP contribution in [0.2, 0.25) is 0 Å². The van der Waals surface area contributed by atoms with Gasteiger partial charge in [0.05, 0.1) is 12.2 Å². The van der Waals surface area contributed by atoms with Gasteiger partial charge in [-0.1, -0.05) is 92.2 Å². The molecular formula is C34H38N2O5S. The molecule has 0 bridgehead atoms. The SMILES string of the molecule is CC.Cc1ccc(C(O)NCCS(=O)O)cc1.O=C(Cc1ccccc1)Nc1ccc(-c2cc3ccccc3o2)cc1. The molecule has 5 aromatic rings. The van der Waals surface area contributed by atoms with Crippen molar-refractivity contribution in [3.8, 4) is 11.3 Å². The van der Waals surface area contributed by atoms with Crippen LogP contribution in [0.15, 0.2) is 114 Å². The normalized spacial score (nSPS) is 11.8. The number of carbonyl (C=O) groups excluding carboxylic acids is 1. The Labute approximate surface area is 249 Å². The molecule has 5 rings (SSSR count). The van der Waals surface area contributed by atoms with Crippen LogP contribution < -0.4 is 10.6 Å². The van der Waals surface area contributed by atoms with Gasteiger partial charge in [-0.2, -0.15) is 0 Å². The van der Waals surface area contributed by atoms with E-state index in [-0.39, 0.29) is 11.7 Å². The predicted octanol–water partition coefficient (Wildman–Crippen LogP) is 7.10. The fourth-order valence-corrected chi connectivity index (χ4v) is 4.27. The Morgan fingerprint density at radius 1 is 0.881 bits per heavy atom. The summed E-state index contributed by atoms with van der Waals surface area (Å²) in [5.41, 5.74) is 5.52. The maximum atomic E-state index is 12.1. The highest BCUT2D eigenvalue weighted by atomic mass is 32.2. The maximum Gasteiger partial charge on any atom is 0.228 e. The molecule has 7 nitrogen and oxygen atoms in total. The van der Waals surface area contributed by atoms with E-state index in [1.165, 1.54) is 0 Å². The highest BCUT2D eigenvalue weighted by Crippen LogP contribution is 2.28. The van der Waals surface area contributed by atoms with Crippen molar-refractivity contribution in [3.05, 3.63) is 126 Å². The van der Waals surface area contributed by atoms with Crippen LogP contribution in [0.1, 0.15) is 36.8 Å². The van der Waals surface area contributed by atoms with Crippen LogP contribution in [0.4, 0.5) is 5.69 Å². The second-order valence-corrected chi connectivity index (χ2v) is 10.3. The molecule has 0 saturated heterocycles. The quantitative estimate of drug-likeness (QED) is 0.108. The number of rotatable bonds is 9. The van der Waals surface area contributed by atoms with Crippen molar-refractivity contribution in [1.29, 1.82) is 0 Å². The first-order valence-corrected chi connectivity index (χ1v) is 15.1. The van der Waals surface area contributed by atoms with Gasteiger partial charge < -0.3 is 19.4 Å². The van der Waals surface area contributed by atoms with Crippen molar-refractivity contribution in [3.63, 3.8) is 0 Å². The monoisotopic (exact) mass is 586 g/mol. The number of carbonyl (C=O) groups is 1. The Morgan fingerprint density at radius 3 is 2.17 bits per heavy atom. The number of anilines is 1. The van der Waals surface area contributed by atoms with Crippen molar-refractivity contribution in [2.75, 3.05) is 17.6 Å². The molecule has 2 atom stereocenters. The van der Waals surface area contributed by atoms with Crippen molar-refractivity contribution in [2.24, 2.45) is 0 Å². The number of furan rings is 1. The third-order valence-corrected chi connectivity index (χ3v) is 6.65. The Kier molecular flexibility index (Phi) is 13.1. The summed E-state index contributed by atoms with van der Waals surface area (Å²) in [6, 6.07) is 34.8. The summed E-state index contributed by atoms with van der Waals surface area (Å²) in [6.45, 7) is 6.27. The van der Waals surface area contributed by atoms with Crippen LogP contribution >= 0.6 is 0 Å². The Bertz CT molecular complexity index is 1500. The third kappa shape index (κ3) is 10.4. The zero-order valence-electron chi connectivity index (χ0n) is 24.1. The molecule has 4 N–H and O–H groups in total. The zero-order chi connectivity index (χ0) is 30.3. The number of hydrogen-bond donors (Lipinski definition) is 4. The van der Waals surface area contributed by atoms with Crippen molar-refractivity contribution >= 4 is 33.6 Å². The molecule has 1 aromatic heterocycles. The summed E-state index contributed by atoms with van der Waals surface area (Å²) in [7, 11) is 0. The number of aliphatic hydroxyl groups is 1. The van der Waals surface area contributed by atoms with Crippen LogP contribution in [-0.4, -0.2) is 32.1 Å². The van der Waals surface area contributed by atoms with Crippen molar-refractivity contribution in [1.82, 2.24) is 5.32 Å². The van der Waals surface area contributed by atoms with Gasteiger partial charge in [0.1, 0.15) is 17.6 Å². The van der Waals surface area contributed by atoms with Gasteiger partial charge >= 0.3 is 0 Å². The van der Waals surface area contributed by atoms with E-state index in [0.29, 0.717) is 13.0 Å². The lowest BCUT2D eigenvalue weighted by Crippen LogP contribution is -2.25. The van der Waals surface area contributed by atoms with Crippen molar-refractivity contribution < 1.29 is 23.1 Å². The lowest BCUT2D eigenvalue weighted by atomic mass is 10.1. The van der Waals surface area contributed by atoms with E-state index in [1.54, 1.807) is 0 Å². The van der Waals surface area contributed by atoms with Gasteiger partial charge in [-0.05, 0) is 54.4 Å². The van der Waals surface area contributed by atoms with Gasteiger partial charge in [-0.3, -0.25) is 10.1 Å². The summed E-state index contributed by atoms with van der Waals surface area (Å²) in [5.74, 6) is 0.911. The number of fused-ring (bicyclic) bond motifs is 1. The summed E-state index contributed by atoms with van der Waals surface area (Å²) in [6.07, 6.45) is -0.416. The van der Waals surface area contributed by atoms with E-state index < -0.39 is 17.3 Å². The lowest BCUT2D eigenvalue weighted by molar-refractivity contribution is -0.115. The predicted molar refractivity (Wildman–Crippen MR) is 172 cm³/mol. The number of aliphatic hydroxyl groups excluding tert-OH is 1. The molecule has 8 heteroatoms. The van der Waals surface area contributed by atoms with Crippen LogP contribution in [0.25, 0.3) is 22.3 Å². The summed E-state index contributed by atoms with van der Waals surface area (Å²) < 4.78 is 24.7. The fourth-order valence-electron chi connectivity index (χ4n) is 3.98. The number of benzene rings is 4. The minimum absolute atomic E-state index is 0.0253. The Morgan fingerprint density at radius 2 is 1.52 bits per heavy atom. The average Bonchev–Trinajstić information content (AvgIpc) is 3.44. The smallest absolute Gasteiger partial charge is 0.228 e. The van der Waals surface area contributed by atoms with Crippen LogP contribution in [0.3, 0.4) is 0 Å².